The standard InChI is InChI=1S/C20H21NO3/c1-2-24-20(23)18-17(22)14-21(13-15-9-5-3-6-10-15)19(18)16-11-7-4-8-12-16/h3-12,18-19H,2,13-14H2,1H3/t18-,19+/m0/s1. The maximum absolute atomic E-state index is 12.5. The van der Waals surface area contributed by atoms with E-state index in [2.05, 4.69) is 4.90 Å². The third-order valence-electron chi connectivity index (χ3n) is 4.33. The Morgan fingerprint density at radius 1 is 1.08 bits per heavy atom. The zero-order valence-corrected chi connectivity index (χ0v) is 13.7. The van der Waals surface area contributed by atoms with E-state index in [0.717, 1.165) is 11.1 Å². The number of ether oxygens (including phenoxy) is 1. The van der Waals surface area contributed by atoms with Gasteiger partial charge in [0.25, 0.3) is 0 Å². The Hall–Kier alpha value is -2.46. The van der Waals surface area contributed by atoms with Gasteiger partial charge in [-0.3, -0.25) is 14.5 Å². The van der Waals surface area contributed by atoms with Crippen LogP contribution in [0.3, 0.4) is 0 Å². The average molecular weight is 323 g/mol. The highest BCUT2D eigenvalue weighted by Gasteiger charge is 2.46. The van der Waals surface area contributed by atoms with Gasteiger partial charge in [0.15, 0.2) is 5.78 Å². The van der Waals surface area contributed by atoms with E-state index in [1.165, 1.54) is 0 Å². The summed E-state index contributed by atoms with van der Waals surface area (Å²) in [5.41, 5.74) is 2.09. The van der Waals surface area contributed by atoms with Crippen LogP contribution < -0.4 is 0 Å². The van der Waals surface area contributed by atoms with Gasteiger partial charge in [0, 0.05) is 6.54 Å². The van der Waals surface area contributed by atoms with Crippen LogP contribution in [0.25, 0.3) is 0 Å². The lowest BCUT2D eigenvalue weighted by Crippen LogP contribution is -2.30. The van der Waals surface area contributed by atoms with Gasteiger partial charge in [0.05, 0.1) is 19.2 Å². The number of hydrogen-bond acceptors (Lipinski definition) is 4. The third-order valence-corrected chi connectivity index (χ3v) is 4.33. The second-order valence-corrected chi connectivity index (χ2v) is 5.94. The van der Waals surface area contributed by atoms with E-state index in [-0.39, 0.29) is 25.0 Å². The molecule has 2 atom stereocenters. The lowest BCUT2D eigenvalue weighted by atomic mass is 9.93. The summed E-state index contributed by atoms with van der Waals surface area (Å²) in [6, 6.07) is 19.4. The van der Waals surface area contributed by atoms with E-state index in [9.17, 15) is 9.59 Å². The van der Waals surface area contributed by atoms with Crippen molar-refractivity contribution in [3.05, 3.63) is 71.8 Å². The second kappa shape index (κ2) is 7.41. The number of Topliss-reactive ketones (excluding diaryl/α,β-unsaturated/α-hetero) is 1. The van der Waals surface area contributed by atoms with Crippen LogP contribution in [0.2, 0.25) is 0 Å². The fraction of sp³-hybridized carbons (Fsp3) is 0.300. The Morgan fingerprint density at radius 2 is 1.71 bits per heavy atom. The molecule has 1 heterocycles. The molecule has 0 N–H and O–H groups in total. The van der Waals surface area contributed by atoms with Gasteiger partial charge in [-0.2, -0.15) is 0 Å². The van der Waals surface area contributed by atoms with E-state index >= 15 is 0 Å². The fourth-order valence-corrected chi connectivity index (χ4v) is 3.30. The highest BCUT2D eigenvalue weighted by atomic mass is 16.5. The molecule has 0 radical (unpaired) electrons. The van der Waals surface area contributed by atoms with Gasteiger partial charge in [0.1, 0.15) is 5.92 Å². The summed E-state index contributed by atoms with van der Waals surface area (Å²) in [5.74, 6) is -1.25. The minimum Gasteiger partial charge on any atom is -0.465 e. The second-order valence-electron chi connectivity index (χ2n) is 5.94. The summed E-state index contributed by atoms with van der Waals surface area (Å²) < 4.78 is 5.16. The zero-order chi connectivity index (χ0) is 16.9. The van der Waals surface area contributed by atoms with Crippen LogP contribution in [0.15, 0.2) is 60.7 Å². The van der Waals surface area contributed by atoms with Gasteiger partial charge in [-0.15, -0.1) is 0 Å². The van der Waals surface area contributed by atoms with Gasteiger partial charge in [0.2, 0.25) is 0 Å². The number of carbonyl (C=O) groups excluding carboxylic acids is 2. The molecule has 0 unspecified atom stereocenters. The Labute approximate surface area is 142 Å². The highest BCUT2D eigenvalue weighted by Crippen LogP contribution is 2.37. The van der Waals surface area contributed by atoms with E-state index in [0.29, 0.717) is 6.54 Å². The molecule has 0 saturated carbocycles. The molecule has 124 valence electrons. The van der Waals surface area contributed by atoms with Crippen molar-refractivity contribution in [1.29, 1.82) is 0 Å². The quantitative estimate of drug-likeness (QED) is 0.627. The SMILES string of the molecule is CCOC(=O)[C@H]1C(=O)CN(Cc2ccccc2)[C@@H]1c1ccccc1. The Bertz CT molecular complexity index is 699. The van der Waals surface area contributed by atoms with E-state index in [1.54, 1.807) is 6.92 Å². The number of benzene rings is 2. The molecule has 4 nitrogen and oxygen atoms in total. The molecule has 0 bridgehead atoms. The largest absolute Gasteiger partial charge is 0.465 e. The molecule has 3 rings (SSSR count). The smallest absolute Gasteiger partial charge is 0.318 e. The van der Waals surface area contributed by atoms with Gasteiger partial charge >= 0.3 is 5.97 Å². The molecule has 0 aliphatic carbocycles. The number of ketones is 1. The van der Waals surface area contributed by atoms with Crippen LogP contribution in [-0.4, -0.2) is 29.8 Å². The normalized spacial score (nSPS) is 21.0. The first kappa shape index (κ1) is 16.4. The maximum Gasteiger partial charge on any atom is 0.318 e. The first-order chi connectivity index (χ1) is 11.7. The van der Waals surface area contributed by atoms with Crippen molar-refractivity contribution in [2.24, 2.45) is 5.92 Å². The topological polar surface area (TPSA) is 46.6 Å². The lowest BCUT2D eigenvalue weighted by molar-refractivity contribution is -0.151. The lowest BCUT2D eigenvalue weighted by Gasteiger charge is -2.26. The van der Waals surface area contributed by atoms with Crippen molar-refractivity contribution in [3.63, 3.8) is 0 Å². The number of carbonyl (C=O) groups is 2. The minimum atomic E-state index is -0.754. The number of hydrogen-bond donors (Lipinski definition) is 0. The predicted molar refractivity (Wildman–Crippen MR) is 91.2 cm³/mol. The molecule has 0 spiro atoms. The van der Waals surface area contributed by atoms with Crippen molar-refractivity contribution >= 4 is 11.8 Å². The highest BCUT2D eigenvalue weighted by molar-refractivity contribution is 6.02. The van der Waals surface area contributed by atoms with Crippen LogP contribution in [0.4, 0.5) is 0 Å². The molecule has 4 heteroatoms. The van der Waals surface area contributed by atoms with Gasteiger partial charge in [-0.25, -0.2) is 0 Å². The molecule has 24 heavy (non-hydrogen) atoms. The molecule has 1 fully saturated rings. The summed E-state index contributed by atoms with van der Waals surface area (Å²) in [5, 5.41) is 0. The Kier molecular flexibility index (Phi) is 5.06. The van der Waals surface area contributed by atoms with Crippen molar-refractivity contribution in [1.82, 2.24) is 4.90 Å². The molecule has 1 aliphatic heterocycles. The van der Waals surface area contributed by atoms with Gasteiger partial charge in [-0.05, 0) is 18.1 Å². The number of likely N-dealkylation sites (tertiary alicyclic amines) is 1. The summed E-state index contributed by atoms with van der Waals surface area (Å²) in [6.07, 6.45) is 0. The summed E-state index contributed by atoms with van der Waals surface area (Å²) in [4.78, 5) is 27.0. The molecule has 2 aromatic rings. The number of rotatable bonds is 5. The molecular formula is C20H21NO3. The minimum absolute atomic E-state index is 0.0711. The van der Waals surface area contributed by atoms with Gasteiger partial charge < -0.3 is 4.74 Å². The molecule has 0 amide bonds. The fourth-order valence-electron chi connectivity index (χ4n) is 3.30. The van der Waals surface area contributed by atoms with Crippen LogP contribution in [0, 0.1) is 5.92 Å². The van der Waals surface area contributed by atoms with Crippen LogP contribution in [0.5, 0.6) is 0 Å². The maximum atomic E-state index is 12.5. The summed E-state index contributed by atoms with van der Waals surface area (Å²) >= 11 is 0. The molecule has 1 aliphatic rings. The van der Waals surface area contributed by atoms with Crippen LogP contribution >= 0.6 is 0 Å². The van der Waals surface area contributed by atoms with Crippen LogP contribution in [0.1, 0.15) is 24.1 Å². The zero-order valence-electron chi connectivity index (χ0n) is 13.7. The first-order valence-electron chi connectivity index (χ1n) is 8.23. The Balaban J connectivity index is 1.92. The van der Waals surface area contributed by atoms with E-state index in [4.69, 9.17) is 4.74 Å². The number of nitrogens with zero attached hydrogens (tertiary/aromatic N) is 1. The Morgan fingerprint density at radius 3 is 2.33 bits per heavy atom. The third kappa shape index (κ3) is 3.39. The van der Waals surface area contributed by atoms with Crippen molar-refractivity contribution in [2.75, 3.05) is 13.2 Å². The first-order valence-corrected chi connectivity index (χ1v) is 8.23. The molecule has 2 aromatic carbocycles. The van der Waals surface area contributed by atoms with Crippen molar-refractivity contribution in [2.45, 2.75) is 19.5 Å². The van der Waals surface area contributed by atoms with Gasteiger partial charge in [-0.1, -0.05) is 60.7 Å². The molecular weight excluding hydrogens is 302 g/mol. The molecule has 1 saturated heterocycles. The molecule has 0 aromatic heterocycles. The summed E-state index contributed by atoms with van der Waals surface area (Å²) in [6.45, 7) is 2.93. The summed E-state index contributed by atoms with van der Waals surface area (Å²) in [7, 11) is 0. The van der Waals surface area contributed by atoms with E-state index in [1.807, 2.05) is 60.7 Å². The average Bonchev–Trinajstić information content (AvgIpc) is 2.93. The number of esters is 1. The van der Waals surface area contributed by atoms with Crippen molar-refractivity contribution < 1.29 is 14.3 Å². The predicted octanol–water partition coefficient (Wildman–Crippen LogP) is 2.99. The van der Waals surface area contributed by atoms with Crippen LogP contribution in [-0.2, 0) is 20.9 Å². The van der Waals surface area contributed by atoms with E-state index < -0.39 is 11.9 Å². The van der Waals surface area contributed by atoms with Crippen molar-refractivity contribution in [3.8, 4) is 0 Å². The monoisotopic (exact) mass is 323 g/mol.